The summed E-state index contributed by atoms with van der Waals surface area (Å²) in [4.78, 5) is 0. The Bertz CT molecular complexity index is 206. The van der Waals surface area contributed by atoms with Crippen LogP contribution < -0.4 is 0 Å². The maximum absolute atomic E-state index is 2.53. The van der Waals surface area contributed by atoms with E-state index in [9.17, 15) is 0 Å². The van der Waals surface area contributed by atoms with Gasteiger partial charge in [0, 0.05) is 14.2 Å². The van der Waals surface area contributed by atoms with Crippen LogP contribution in [0.5, 0.6) is 0 Å². The molecule has 0 atom stereocenters. The predicted molar refractivity (Wildman–Crippen MR) is 70.3 cm³/mol. The van der Waals surface area contributed by atoms with E-state index in [1.807, 2.05) is 0 Å². The largest absolute Gasteiger partial charge is 0.264 e. The molecular weight excluding hydrogens is 204 g/mol. The van der Waals surface area contributed by atoms with Gasteiger partial charge in [-0.25, -0.2) is 0 Å². The summed E-state index contributed by atoms with van der Waals surface area (Å²) in [5, 5.41) is 2.64. The quantitative estimate of drug-likeness (QED) is 0.620. The van der Waals surface area contributed by atoms with Crippen molar-refractivity contribution >= 4 is 31.8 Å². The van der Waals surface area contributed by atoms with Crippen LogP contribution in [0.25, 0.3) is 0 Å². The molecule has 3 heteroatoms. The summed E-state index contributed by atoms with van der Waals surface area (Å²) in [6.45, 7) is 4.86. The lowest BCUT2D eigenvalue weighted by Crippen LogP contribution is -2.51. The molecule has 1 fully saturated rings. The zero-order valence-corrected chi connectivity index (χ0v) is 11.6. The van der Waals surface area contributed by atoms with Crippen molar-refractivity contribution in [2.45, 2.75) is 17.9 Å². The summed E-state index contributed by atoms with van der Waals surface area (Å²) < 4.78 is 0.464. The highest BCUT2D eigenvalue weighted by Crippen LogP contribution is 2.91. The average molecular weight is 226 g/mol. The molecule has 1 aliphatic heterocycles. The van der Waals surface area contributed by atoms with Gasteiger partial charge in [-0.15, -0.1) is 23.5 Å². The Morgan fingerprint density at radius 2 is 1.58 bits per heavy atom. The van der Waals surface area contributed by atoms with Gasteiger partial charge in [0.05, 0.1) is 0 Å². The monoisotopic (exact) mass is 226 g/mol. The van der Waals surface area contributed by atoms with Crippen molar-refractivity contribution < 1.29 is 0 Å². The Balaban J connectivity index is 3.19. The fourth-order valence-electron chi connectivity index (χ4n) is 1.01. The second-order valence-electron chi connectivity index (χ2n) is 6.55. The normalized spacial score (nSPS) is 41.5. The summed E-state index contributed by atoms with van der Waals surface area (Å²) >= 11 is 4.26. The van der Waals surface area contributed by atoms with E-state index in [4.69, 9.17) is 0 Å². The van der Waals surface area contributed by atoms with E-state index in [0.29, 0.717) is 4.08 Å². The SMILES string of the molecule is CC1(C)SCSCS1(C)(C)(C)C. The first kappa shape index (κ1) is 11.1. The van der Waals surface area contributed by atoms with Gasteiger partial charge < -0.3 is 0 Å². The van der Waals surface area contributed by atoms with Crippen LogP contribution in [0.3, 0.4) is 0 Å². The average Bonchev–Trinajstić information content (AvgIpc) is 1.75. The van der Waals surface area contributed by atoms with Crippen LogP contribution in [0.1, 0.15) is 13.8 Å². The summed E-state index contributed by atoms with van der Waals surface area (Å²) in [6.07, 6.45) is 10.1. The van der Waals surface area contributed by atoms with Gasteiger partial charge >= 0.3 is 0 Å². The molecule has 0 aromatic carbocycles. The Morgan fingerprint density at radius 3 is 1.83 bits per heavy atom. The minimum absolute atomic E-state index is 0.464. The molecule has 1 rings (SSSR count). The molecule has 0 aromatic heterocycles. The zero-order valence-electron chi connectivity index (χ0n) is 9.14. The van der Waals surface area contributed by atoms with Gasteiger partial charge in [-0.1, -0.05) is 0 Å². The van der Waals surface area contributed by atoms with Crippen LogP contribution in [-0.2, 0) is 0 Å². The van der Waals surface area contributed by atoms with Gasteiger partial charge in [0.1, 0.15) is 0 Å². The Labute approximate surface area is 84.9 Å². The van der Waals surface area contributed by atoms with Gasteiger partial charge in [0.15, 0.2) is 0 Å². The van der Waals surface area contributed by atoms with E-state index in [2.05, 4.69) is 62.4 Å². The third kappa shape index (κ3) is 1.53. The summed E-state index contributed by atoms with van der Waals surface area (Å²) in [5.74, 6) is 0. The highest BCUT2D eigenvalue weighted by Gasteiger charge is 2.57. The minimum atomic E-state index is -1.80. The maximum atomic E-state index is 2.53. The first-order chi connectivity index (χ1) is 4.98. The van der Waals surface area contributed by atoms with Gasteiger partial charge in [-0.05, 0) is 38.9 Å². The molecule has 0 amide bonds. The van der Waals surface area contributed by atoms with E-state index < -0.39 is 8.29 Å². The Kier molecular flexibility index (Phi) is 2.01. The van der Waals surface area contributed by atoms with E-state index >= 15 is 0 Å². The molecule has 0 unspecified atom stereocenters. The van der Waals surface area contributed by atoms with Crippen molar-refractivity contribution in [3.05, 3.63) is 0 Å². The second-order valence-corrected chi connectivity index (χ2v) is 20.6. The van der Waals surface area contributed by atoms with E-state index in [1.54, 1.807) is 0 Å². The van der Waals surface area contributed by atoms with Crippen LogP contribution in [0, 0.1) is 0 Å². The molecule has 0 aliphatic carbocycles. The van der Waals surface area contributed by atoms with Gasteiger partial charge in [0.2, 0.25) is 0 Å². The zero-order chi connectivity index (χ0) is 9.74. The van der Waals surface area contributed by atoms with Crippen LogP contribution in [0.15, 0.2) is 0 Å². The molecule has 0 saturated carbocycles. The summed E-state index contributed by atoms with van der Waals surface area (Å²) in [7, 11) is -1.80. The molecule has 0 bridgehead atoms. The number of hydrogen-bond acceptors (Lipinski definition) is 2. The lowest BCUT2D eigenvalue weighted by molar-refractivity contribution is 0.980. The molecule has 0 nitrogen and oxygen atoms in total. The Hall–Kier alpha value is 1.05. The molecule has 0 aromatic rings. The molecule has 0 radical (unpaired) electrons. The van der Waals surface area contributed by atoms with E-state index in [1.165, 1.54) is 10.2 Å². The van der Waals surface area contributed by atoms with Gasteiger partial charge in [-0.3, -0.25) is 8.29 Å². The highest BCUT2D eigenvalue weighted by atomic mass is 32.4. The molecule has 12 heavy (non-hydrogen) atoms. The first-order valence-corrected chi connectivity index (χ1v) is 10.6. The van der Waals surface area contributed by atoms with E-state index in [-0.39, 0.29) is 0 Å². The molecule has 0 N–H and O–H groups in total. The lowest BCUT2D eigenvalue weighted by Gasteiger charge is -2.79. The van der Waals surface area contributed by atoms with Gasteiger partial charge in [-0.2, -0.15) is 0 Å². The lowest BCUT2D eigenvalue weighted by atomic mass is 10.5. The molecule has 1 saturated heterocycles. The van der Waals surface area contributed by atoms with E-state index in [0.717, 1.165) is 0 Å². The van der Waals surface area contributed by atoms with Crippen molar-refractivity contribution in [1.29, 1.82) is 0 Å². The smallest absolute Gasteiger partial charge is 0.0412 e. The highest BCUT2D eigenvalue weighted by molar-refractivity contribution is 8.71. The fourth-order valence-corrected chi connectivity index (χ4v) is 10.6. The van der Waals surface area contributed by atoms with Gasteiger partial charge in [0.25, 0.3) is 0 Å². The second kappa shape index (κ2) is 2.17. The summed E-state index contributed by atoms with van der Waals surface area (Å²) in [5.41, 5.74) is 0. The standard InChI is InChI=1S/C9H22S3/c1-9(2)11-7-10-8-12(9,3,4,5)6/h7-8H2,1-6H3. The van der Waals surface area contributed by atoms with Crippen molar-refractivity contribution in [2.75, 3.05) is 35.2 Å². The molecule has 0 spiro atoms. The summed E-state index contributed by atoms with van der Waals surface area (Å²) in [6, 6.07) is 0. The molecular formula is C9H22S3. The molecule has 1 heterocycles. The van der Waals surface area contributed by atoms with Crippen LogP contribution >= 0.6 is 31.8 Å². The van der Waals surface area contributed by atoms with Crippen molar-refractivity contribution in [1.82, 2.24) is 0 Å². The molecule has 1 aliphatic rings. The van der Waals surface area contributed by atoms with Crippen molar-refractivity contribution in [2.24, 2.45) is 0 Å². The van der Waals surface area contributed by atoms with Crippen molar-refractivity contribution in [3.8, 4) is 0 Å². The molecule has 76 valence electrons. The predicted octanol–water partition coefficient (Wildman–Crippen LogP) is 3.51. The number of hydrogen-bond donors (Lipinski definition) is 0. The Morgan fingerprint density at radius 1 is 1.08 bits per heavy atom. The van der Waals surface area contributed by atoms with Crippen LogP contribution in [-0.4, -0.2) is 39.3 Å². The maximum Gasteiger partial charge on any atom is 0.0412 e. The van der Waals surface area contributed by atoms with Crippen LogP contribution in [0.2, 0.25) is 0 Å². The number of thioether (sulfide) groups is 2. The third-order valence-corrected chi connectivity index (χ3v) is 17.5. The third-order valence-electron chi connectivity index (χ3n) is 3.42. The minimum Gasteiger partial charge on any atom is -0.264 e. The van der Waals surface area contributed by atoms with Crippen LogP contribution in [0.4, 0.5) is 0 Å². The van der Waals surface area contributed by atoms with Crippen molar-refractivity contribution in [3.63, 3.8) is 0 Å². The topological polar surface area (TPSA) is 0 Å². The first-order valence-electron chi connectivity index (χ1n) is 4.20. The number of rotatable bonds is 0. The fraction of sp³-hybridized carbons (Fsp3) is 1.00.